The fraction of sp³-hybridized carbons (Fsp3) is 0.207. The Balaban J connectivity index is 1.41. The minimum absolute atomic E-state index is 0.124. The second-order valence-corrected chi connectivity index (χ2v) is 9.70. The van der Waals surface area contributed by atoms with Crippen LogP contribution < -0.4 is 5.73 Å². The number of benzene rings is 1. The Morgan fingerprint density at radius 1 is 0.917 bits per heavy atom. The first-order chi connectivity index (χ1) is 17.7. The molecule has 5 aromatic rings. The molecule has 2 N–H and O–H groups in total. The maximum atomic E-state index is 6.60. The number of hydrogen-bond donors (Lipinski definition) is 1. The molecule has 4 heterocycles. The molecule has 0 radical (unpaired) electrons. The number of aromatic nitrogens is 6. The van der Waals surface area contributed by atoms with Crippen LogP contribution in [0.15, 0.2) is 90.8 Å². The van der Waals surface area contributed by atoms with E-state index in [1.807, 2.05) is 46.9 Å². The first kappa shape index (κ1) is 21.1. The average molecular weight is 472 g/mol. The highest BCUT2D eigenvalue weighted by Crippen LogP contribution is 2.41. The Bertz CT molecular complexity index is 1650. The van der Waals surface area contributed by atoms with E-state index in [1.54, 1.807) is 12.4 Å². The Kier molecular flexibility index (Phi) is 4.79. The third-order valence-electron chi connectivity index (χ3n) is 7.46. The third kappa shape index (κ3) is 3.35. The van der Waals surface area contributed by atoms with Gasteiger partial charge in [-0.15, -0.1) is 10.2 Å². The highest BCUT2D eigenvalue weighted by Gasteiger charge is 2.36. The normalized spacial score (nSPS) is 18.8. The molecule has 4 aromatic heterocycles. The Morgan fingerprint density at radius 3 is 2.50 bits per heavy atom. The molecule has 7 nitrogen and oxygen atoms in total. The van der Waals surface area contributed by atoms with E-state index in [2.05, 4.69) is 45.5 Å². The smallest absolute Gasteiger partial charge is 0.171 e. The van der Waals surface area contributed by atoms with Crippen molar-refractivity contribution in [3.05, 3.63) is 96.5 Å². The SMILES string of the molecule is NC1(C2=CCC(c3nc4ccc5nnc(-c6cccnc6)n5c4nc3-c3ccccc3)C=C2)CCC1. The molecule has 0 spiro atoms. The molecule has 0 aliphatic heterocycles. The van der Waals surface area contributed by atoms with E-state index in [4.69, 9.17) is 15.7 Å². The van der Waals surface area contributed by atoms with Crippen LogP contribution in [0.4, 0.5) is 0 Å². The van der Waals surface area contributed by atoms with Gasteiger partial charge in [0.15, 0.2) is 17.1 Å². The second kappa shape index (κ2) is 8.17. The van der Waals surface area contributed by atoms with Crippen LogP contribution in [0.2, 0.25) is 0 Å². The van der Waals surface area contributed by atoms with Gasteiger partial charge < -0.3 is 5.73 Å². The highest BCUT2D eigenvalue weighted by molar-refractivity contribution is 5.81. The summed E-state index contributed by atoms with van der Waals surface area (Å²) in [5.41, 5.74) is 13.7. The van der Waals surface area contributed by atoms with Crippen LogP contribution in [0.3, 0.4) is 0 Å². The molecule has 2 aliphatic rings. The van der Waals surface area contributed by atoms with Gasteiger partial charge >= 0.3 is 0 Å². The van der Waals surface area contributed by atoms with Crippen LogP contribution in [-0.4, -0.2) is 35.1 Å². The van der Waals surface area contributed by atoms with Crippen molar-refractivity contribution in [2.45, 2.75) is 37.1 Å². The predicted molar refractivity (Wildman–Crippen MR) is 140 cm³/mol. The summed E-state index contributed by atoms with van der Waals surface area (Å²) in [6.07, 6.45) is 14.5. The summed E-state index contributed by atoms with van der Waals surface area (Å²) in [7, 11) is 0. The number of hydrogen-bond acceptors (Lipinski definition) is 6. The molecular formula is C29H25N7. The van der Waals surface area contributed by atoms with Crippen molar-refractivity contribution in [3.63, 3.8) is 0 Å². The van der Waals surface area contributed by atoms with Gasteiger partial charge in [0.1, 0.15) is 5.52 Å². The van der Waals surface area contributed by atoms with E-state index in [-0.39, 0.29) is 11.5 Å². The van der Waals surface area contributed by atoms with Crippen molar-refractivity contribution in [3.8, 4) is 22.6 Å². The maximum absolute atomic E-state index is 6.60. The number of nitrogens with zero attached hydrogens (tertiary/aromatic N) is 6. The third-order valence-corrected chi connectivity index (χ3v) is 7.46. The fourth-order valence-electron chi connectivity index (χ4n) is 5.28. The van der Waals surface area contributed by atoms with Crippen molar-refractivity contribution in [1.82, 2.24) is 29.5 Å². The lowest BCUT2D eigenvalue weighted by Crippen LogP contribution is -2.48. The lowest BCUT2D eigenvalue weighted by Gasteiger charge is -2.40. The van der Waals surface area contributed by atoms with Crippen LogP contribution in [0.1, 0.15) is 37.3 Å². The first-order valence-electron chi connectivity index (χ1n) is 12.4. The molecule has 36 heavy (non-hydrogen) atoms. The Labute approximate surface area is 208 Å². The fourth-order valence-corrected chi connectivity index (χ4v) is 5.28. The molecule has 0 bridgehead atoms. The van der Waals surface area contributed by atoms with Gasteiger partial charge in [0.25, 0.3) is 0 Å². The van der Waals surface area contributed by atoms with Crippen molar-refractivity contribution in [1.29, 1.82) is 0 Å². The van der Waals surface area contributed by atoms with E-state index in [9.17, 15) is 0 Å². The van der Waals surface area contributed by atoms with Crippen molar-refractivity contribution in [2.24, 2.45) is 5.73 Å². The van der Waals surface area contributed by atoms with Gasteiger partial charge in [0.05, 0.1) is 11.4 Å². The molecule has 0 saturated heterocycles. The summed E-state index contributed by atoms with van der Waals surface area (Å²) >= 11 is 0. The molecule has 1 fully saturated rings. The van der Waals surface area contributed by atoms with E-state index in [1.165, 1.54) is 12.0 Å². The minimum Gasteiger partial charge on any atom is -0.321 e. The summed E-state index contributed by atoms with van der Waals surface area (Å²) in [6, 6.07) is 18.1. The predicted octanol–water partition coefficient (Wildman–Crippen LogP) is 5.25. The summed E-state index contributed by atoms with van der Waals surface area (Å²) in [5, 5.41) is 8.84. The van der Waals surface area contributed by atoms with Gasteiger partial charge in [0, 0.05) is 35.0 Å². The molecular weight excluding hydrogens is 446 g/mol. The van der Waals surface area contributed by atoms with Crippen molar-refractivity contribution >= 4 is 16.8 Å². The molecule has 1 aromatic carbocycles. The summed E-state index contributed by atoms with van der Waals surface area (Å²) in [6.45, 7) is 0. The molecule has 1 saturated carbocycles. The zero-order valence-corrected chi connectivity index (χ0v) is 19.7. The topological polar surface area (TPSA) is 94.9 Å². The van der Waals surface area contributed by atoms with Gasteiger partial charge in [-0.05, 0) is 55.5 Å². The molecule has 1 unspecified atom stereocenters. The minimum atomic E-state index is -0.151. The molecule has 2 aliphatic carbocycles. The quantitative estimate of drug-likeness (QED) is 0.385. The first-order valence-corrected chi connectivity index (χ1v) is 12.4. The Hall–Kier alpha value is -4.23. The van der Waals surface area contributed by atoms with Crippen molar-refractivity contribution in [2.75, 3.05) is 0 Å². The summed E-state index contributed by atoms with van der Waals surface area (Å²) in [5.74, 6) is 0.822. The van der Waals surface area contributed by atoms with Crippen LogP contribution in [0, 0.1) is 0 Å². The van der Waals surface area contributed by atoms with Gasteiger partial charge in [-0.2, -0.15) is 0 Å². The molecule has 176 valence electrons. The number of nitrogens with two attached hydrogens (primary N) is 1. The number of fused-ring (bicyclic) bond motifs is 3. The van der Waals surface area contributed by atoms with Crippen LogP contribution in [0.5, 0.6) is 0 Å². The zero-order chi connectivity index (χ0) is 24.1. The van der Waals surface area contributed by atoms with E-state index < -0.39 is 0 Å². The van der Waals surface area contributed by atoms with Gasteiger partial charge in [0.2, 0.25) is 0 Å². The molecule has 7 heteroatoms. The second-order valence-electron chi connectivity index (χ2n) is 9.70. The largest absolute Gasteiger partial charge is 0.321 e. The zero-order valence-electron chi connectivity index (χ0n) is 19.7. The molecule has 0 amide bonds. The number of allylic oxidation sites excluding steroid dienone is 2. The highest BCUT2D eigenvalue weighted by atomic mass is 15.3. The summed E-state index contributed by atoms with van der Waals surface area (Å²) in [4.78, 5) is 14.7. The lowest BCUT2D eigenvalue weighted by atomic mass is 9.70. The standard InChI is InChI=1S/C29H25N7/c30-29(15-5-16-29)22-11-9-20(10-12-22)25-26(19-6-2-1-3-7-19)33-28-23(32-25)13-14-24-34-35-27(36(24)28)21-8-4-17-31-18-21/h1-4,6-9,11-14,17-18,20H,5,10,15-16,30H2. The number of pyridine rings is 2. The average Bonchev–Trinajstić information content (AvgIpc) is 3.37. The van der Waals surface area contributed by atoms with Crippen LogP contribution in [-0.2, 0) is 0 Å². The van der Waals surface area contributed by atoms with Gasteiger partial charge in [-0.3, -0.25) is 9.38 Å². The van der Waals surface area contributed by atoms with E-state index >= 15 is 0 Å². The van der Waals surface area contributed by atoms with Crippen LogP contribution in [0.25, 0.3) is 39.5 Å². The van der Waals surface area contributed by atoms with Crippen molar-refractivity contribution < 1.29 is 0 Å². The molecule has 1 atom stereocenters. The van der Waals surface area contributed by atoms with Crippen LogP contribution >= 0.6 is 0 Å². The molecule has 7 rings (SSSR count). The summed E-state index contributed by atoms with van der Waals surface area (Å²) < 4.78 is 1.97. The maximum Gasteiger partial charge on any atom is 0.171 e. The van der Waals surface area contributed by atoms with Gasteiger partial charge in [-0.25, -0.2) is 9.97 Å². The van der Waals surface area contributed by atoms with E-state index in [0.29, 0.717) is 5.82 Å². The number of rotatable bonds is 4. The Morgan fingerprint density at radius 2 is 1.78 bits per heavy atom. The van der Waals surface area contributed by atoms with Gasteiger partial charge in [-0.1, -0.05) is 48.6 Å². The van der Waals surface area contributed by atoms with E-state index in [0.717, 1.165) is 58.6 Å². The lowest BCUT2D eigenvalue weighted by molar-refractivity contribution is 0.302. The monoisotopic (exact) mass is 471 g/mol.